The number of aliphatic imine (C=N–C) groups is 1. The van der Waals surface area contributed by atoms with Gasteiger partial charge in [0.2, 0.25) is 6.08 Å². The molecule has 3 nitrogen and oxygen atoms in total. The van der Waals surface area contributed by atoms with Crippen LogP contribution in [0.15, 0.2) is 29.3 Å². The molecule has 1 aromatic carbocycles. The first-order chi connectivity index (χ1) is 7.49. The molecule has 0 amide bonds. The zero-order chi connectivity index (χ0) is 11.8. The van der Waals surface area contributed by atoms with Crippen molar-refractivity contribution < 1.29 is 9.90 Å². The summed E-state index contributed by atoms with van der Waals surface area (Å²) in [4.78, 5) is 14.3. The molecule has 1 aliphatic carbocycles. The molecule has 1 aliphatic rings. The number of rotatable bonds is 3. The van der Waals surface area contributed by atoms with E-state index in [-0.39, 0.29) is 0 Å². The van der Waals surface area contributed by atoms with Gasteiger partial charge in [0.1, 0.15) is 0 Å². The third-order valence-electron chi connectivity index (χ3n) is 3.07. The maximum atomic E-state index is 10.4. The Morgan fingerprint density at radius 3 is 2.50 bits per heavy atom. The van der Waals surface area contributed by atoms with Crippen LogP contribution in [0.3, 0.4) is 0 Å². The third-order valence-corrected chi connectivity index (χ3v) is 3.07. The van der Waals surface area contributed by atoms with E-state index in [4.69, 9.17) is 0 Å². The van der Waals surface area contributed by atoms with E-state index in [1.165, 1.54) is 0 Å². The molecule has 1 aromatic rings. The second-order valence-electron chi connectivity index (χ2n) is 4.84. The fourth-order valence-electron chi connectivity index (χ4n) is 2.07. The molecule has 0 heterocycles. The van der Waals surface area contributed by atoms with Crippen molar-refractivity contribution in [3.63, 3.8) is 0 Å². The smallest absolute Gasteiger partial charge is 0.235 e. The Hall–Kier alpha value is -1.44. The number of nitrogens with zero attached hydrogens (tertiary/aromatic N) is 1. The highest BCUT2D eigenvalue weighted by Gasteiger charge is 2.47. The second-order valence-corrected chi connectivity index (χ2v) is 4.84. The SMILES string of the molecule is CC(C)(O)c1ccccc1C1(N=C=O)CC1. The van der Waals surface area contributed by atoms with Gasteiger partial charge in [-0.1, -0.05) is 24.3 Å². The molecule has 84 valence electrons. The van der Waals surface area contributed by atoms with Crippen LogP contribution >= 0.6 is 0 Å². The first-order valence-electron chi connectivity index (χ1n) is 5.41. The molecule has 0 aromatic heterocycles. The summed E-state index contributed by atoms with van der Waals surface area (Å²) in [5.41, 5.74) is 0.459. The number of hydrogen-bond donors (Lipinski definition) is 1. The van der Waals surface area contributed by atoms with E-state index < -0.39 is 11.1 Å². The van der Waals surface area contributed by atoms with Crippen LogP contribution in [0.1, 0.15) is 37.8 Å². The molecule has 0 atom stereocenters. The van der Waals surface area contributed by atoms with Crippen LogP contribution in [0, 0.1) is 0 Å². The van der Waals surface area contributed by atoms with Gasteiger partial charge < -0.3 is 5.11 Å². The van der Waals surface area contributed by atoms with E-state index in [1.807, 2.05) is 24.3 Å². The second kappa shape index (κ2) is 3.55. The third kappa shape index (κ3) is 1.80. The normalized spacial score (nSPS) is 17.7. The molecule has 0 spiro atoms. The van der Waals surface area contributed by atoms with E-state index in [2.05, 4.69) is 4.99 Å². The van der Waals surface area contributed by atoms with Crippen LogP contribution in [0.2, 0.25) is 0 Å². The molecule has 0 unspecified atom stereocenters. The lowest BCUT2D eigenvalue weighted by atomic mass is 9.89. The summed E-state index contributed by atoms with van der Waals surface area (Å²) in [7, 11) is 0. The van der Waals surface area contributed by atoms with Crippen LogP contribution < -0.4 is 0 Å². The summed E-state index contributed by atoms with van der Waals surface area (Å²) in [6, 6.07) is 7.61. The van der Waals surface area contributed by atoms with Gasteiger partial charge in [-0.3, -0.25) is 0 Å². The van der Waals surface area contributed by atoms with Gasteiger partial charge in [-0.15, -0.1) is 0 Å². The minimum Gasteiger partial charge on any atom is -0.386 e. The highest BCUT2D eigenvalue weighted by atomic mass is 16.3. The zero-order valence-electron chi connectivity index (χ0n) is 9.53. The molecule has 2 rings (SSSR count). The number of isocyanates is 1. The molecular weight excluding hydrogens is 202 g/mol. The van der Waals surface area contributed by atoms with E-state index in [1.54, 1.807) is 19.9 Å². The molecule has 16 heavy (non-hydrogen) atoms. The minimum absolute atomic E-state index is 0.418. The van der Waals surface area contributed by atoms with Crippen molar-refractivity contribution in [2.45, 2.75) is 37.8 Å². The van der Waals surface area contributed by atoms with Crippen molar-refractivity contribution in [1.29, 1.82) is 0 Å². The number of hydrogen-bond acceptors (Lipinski definition) is 3. The number of benzene rings is 1. The van der Waals surface area contributed by atoms with Gasteiger partial charge in [-0.2, -0.15) is 4.99 Å². The summed E-state index contributed by atoms with van der Waals surface area (Å²) in [6.07, 6.45) is 3.35. The summed E-state index contributed by atoms with van der Waals surface area (Å²) in [5, 5.41) is 10.1. The maximum absolute atomic E-state index is 10.4. The summed E-state index contributed by atoms with van der Waals surface area (Å²) >= 11 is 0. The predicted molar refractivity (Wildman–Crippen MR) is 60.7 cm³/mol. The number of aliphatic hydroxyl groups is 1. The molecule has 1 fully saturated rings. The molecule has 0 saturated heterocycles. The quantitative estimate of drug-likeness (QED) is 0.623. The Morgan fingerprint density at radius 1 is 1.38 bits per heavy atom. The first-order valence-corrected chi connectivity index (χ1v) is 5.41. The van der Waals surface area contributed by atoms with Crippen LogP contribution in [-0.4, -0.2) is 11.2 Å². The molecular formula is C13H15NO2. The lowest BCUT2D eigenvalue weighted by molar-refractivity contribution is 0.0770. The van der Waals surface area contributed by atoms with Gasteiger partial charge in [0.15, 0.2) is 0 Å². The fourth-order valence-corrected chi connectivity index (χ4v) is 2.07. The predicted octanol–water partition coefficient (Wildman–Crippen LogP) is 2.24. The maximum Gasteiger partial charge on any atom is 0.235 e. The molecule has 0 bridgehead atoms. The highest BCUT2D eigenvalue weighted by Crippen LogP contribution is 2.51. The van der Waals surface area contributed by atoms with Crippen LogP contribution in [0.25, 0.3) is 0 Å². The number of carbonyl (C=O) groups excluding carboxylic acids is 1. The minimum atomic E-state index is -0.912. The van der Waals surface area contributed by atoms with E-state index >= 15 is 0 Å². The van der Waals surface area contributed by atoms with Crippen LogP contribution in [-0.2, 0) is 15.9 Å². The van der Waals surface area contributed by atoms with Gasteiger partial charge in [0, 0.05) is 0 Å². The monoisotopic (exact) mass is 217 g/mol. The summed E-state index contributed by atoms with van der Waals surface area (Å²) in [5.74, 6) is 0. The van der Waals surface area contributed by atoms with E-state index in [0.29, 0.717) is 0 Å². The molecule has 3 heteroatoms. The van der Waals surface area contributed by atoms with Crippen molar-refractivity contribution in [2.24, 2.45) is 4.99 Å². The van der Waals surface area contributed by atoms with E-state index in [0.717, 1.165) is 24.0 Å². The van der Waals surface area contributed by atoms with Gasteiger partial charge in [0.25, 0.3) is 0 Å². The molecule has 0 aliphatic heterocycles. The topological polar surface area (TPSA) is 49.7 Å². The summed E-state index contributed by atoms with van der Waals surface area (Å²) < 4.78 is 0. The Kier molecular flexibility index (Phi) is 2.45. The highest BCUT2D eigenvalue weighted by molar-refractivity contribution is 5.45. The standard InChI is InChI=1S/C13H15NO2/c1-12(2,16)10-5-3-4-6-11(10)13(7-8-13)14-9-15/h3-6,16H,7-8H2,1-2H3. The van der Waals surface area contributed by atoms with Crippen molar-refractivity contribution in [2.75, 3.05) is 0 Å². The average molecular weight is 217 g/mol. The Bertz CT molecular complexity index is 449. The Labute approximate surface area is 94.8 Å². The van der Waals surface area contributed by atoms with Crippen LogP contribution in [0.4, 0.5) is 0 Å². The van der Waals surface area contributed by atoms with Crippen molar-refractivity contribution in [3.8, 4) is 0 Å². The molecule has 1 N–H and O–H groups in total. The first kappa shape index (κ1) is 11.1. The molecule has 0 radical (unpaired) electrons. The fraction of sp³-hybridized carbons (Fsp3) is 0.462. The summed E-state index contributed by atoms with van der Waals surface area (Å²) in [6.45, 7) is 3.49. The van der Waals surface area contributed by atoms with Crippen molar-refractivity contribution in [1.82, 2.24) is 0 Å². The van der Waals surface area contributed by atoms with Crippen LogP contribution in [0.5, 0.6) is 0 Å². The van der Waals surface area contributed by atoms with Gasteiger partial charge >= 0.3 is 0 Å². The van der Waals surface area contributed by atoms with E-state index in [9.17, 15) is 9.90 Å². The largest absolute Gasteiger partial charge is 0.386 e. The van der Waals surface area contributed by atoms with Gasteiger partial charge in [0.05, 0.1) is 11.1 Å². The Morgan fingerprint density at radius 2 is 2.00 bits per heavy atom. The van der Waals surface area contributed by atoms with Crippen molar-refractivity contribution >= 4 is 6.08 Å². The lowest BCUT2D eigenvalue weighted by Crippen LogP contribution is -2.21. The Balaban J connectivity index is 2.54. The van der Waals surface area contributed by atoms with Gasteiger partial charge in [-0.25, -0.2) is 4.79 Å². The van der Waals surface area contributed by atoms with Crippen molar-refractivity contribution in [3.05, 3.63) is 35.4 Å². The van der Waals surface area contributed by atoms with Gasteiger partial charge in [-0.05, 0) is 37.8 Å². The zero-order valence-corrected chi connectivity index (χ0v) is 9.53. The lowest BCUT2D eigenvalue weighted by Gasteiger charge is -2.24. The average Bonchev–Trinajstić information content (AvgIpc) is 2.98. The molecule has 1 saturated carbocycles.